The number of rotatable bonds is 1. The van der Waals surface area contributed by atoms with E-state index < -0.39 is 0 Å². The van der Waals surface area contributed by atoms with Gasteiger partial charge in [0, 0.05) is 18.3 Å². The molecule has 0 radical (unpaired) electrons. The molecule has 0 aromatic carbocycles. The summed E-state index contributed by atoms with van der Waals surface area (Å²) < 4.78 is 5.16. The summed E-state index contributed by atoms with van der Waals surface area (Å²) >= 11 is 0. The highest BCUT2D eigenvalue weighted by atomic mass is 16.5. The van der Waals surface area contributed by atoms with E-state index in [4.69, 9.17) is 4.74 Å². The van der Waals surface area contributed by atoms with E-state index in [2.05, 4.69) is 17.1 Å². The molecule has 2 atom stereocenters. The maximum Gasteiger partial charge on any atom is 0.108 e. The fourth-order valence-electron chi connectivity index (χ4n) is 2.83. The summed E-state index contributed by atoms with van der Waals surface area (Å²) in [5.41, 5.74) is 1.39. The molecule has 3 rings (SSSR count). The molecule has 2 heterocycles. The van der Waals surface area contributed by atoms with Gasteiger partial charge < -0.3 is 9.64 Å². The van der Waals surface area contributed by atoms with E-state index in [1.165, 1.54) is 31.5 Å². The molecule has 2 bridgehead atoms. The van der Waals surface area contributed by atoms with Crippen molar-refractivity contribution in [2.75, 3.05) is 13.2 Å². The minimum Gasteiger partial charge on any atom is -0.497 e. The van der Waals surface area contributed by atoms with E-state index in [0.29, 0.717) is 0 Å². The van der Waals surface area contributed by atoms with Gasteiger partial charge in [-0.2, -0.15) is 0 Å². The normalized spacial score (nSPS) is 36.3. The van der Waals surface area contributed by atoms with Crippen LogP contribution in [0.4, 0.5) is 0 Å². The van der Waals surface area contributed by atoms with Crippen molar-refractivity contribution in [2.24, 2.45) is 5.92 Å². The fraction of sp³-hybridized carbons (Fsp3) is 0.636. The molecule has 0 spiro atoms. The molecule has 2 unspecified atom stereocenters. The number of ether oxygens (including phenoxy) is 1. The Morgan fingerprint density at radius 2 is 2.38 bits per heavy atom. The van der Waals surface area contributed by atoms with Gasteiger partial charge in [0.2, 0.25) is 0 Å². The summed E-state index contributed by atoms with van der Waals surface area (Å²) in [4.78, 5) is 2.56. The lowest BCUT2D eigenvalue weighted by atomic mass is 10.1. The number of piperidine rings is 1. The van der Waals surface area contributed by atoms with Gasteiger partial charge in [-0.15, -0.1) is 0 Å². The van der Waals surface area contributed by atoms with Gasteiger partial charge in [-0.3, -0.25) is 0 Å². The highest BCUT2D eigenvalue weighted by Gasteiger charge is 2.38. The van der Waals surface area contributed by atoms with E-state index in [-0.39, 0.29) is 0 Å². The Morgan fingerprint density at radius 3 is 3.00 bits per heavy atom. The van der Waals surface area contributed by atoms with Gasteiger partial charge in [0.25, 0.3) is 0 Å². The zero-order valence-corrected chi connectivity index (χ0v) is 7.78. The number of hydrogen-bond acceptors (Lipinski definition) is 2. The van der Waals surface area contributed by atoms with Crippen molar-refractivity contribution in [3.8, 4) is 0 Å². The molecule has 1 saturated heterocycles. The molecule has 1 saturated carbocycles. The molecule has 3 aliphatic rings. The van der Waals surface area contributed by atoms with Crippen LogP contribution in [0.3, 0.4) is 0 Å². The number of likely N-dealkylation sites (tertiary alicyclic amines) is 1. The quantitative estimate of drug-likeness (QED) is 0.606. The topological polar surface area (TPSA) is 12.5 Å². The van der Waals surface area contributed by atoms with E-state index in [1.807, 2.05) is 6.26 Å². The summed E-state index contributed by atoms with van der Waals surface area (Å²) in [6.07, 6.45) is 10.4. The molecule has 1 aliphatic carbocycles. The maximum absolute atomic E-state index is 5.16. The Morgan fingerprint density at radius 1 is 1.38 bits per heavy atom. The first-order valence-electron chi connectivity index (χ1n) is 5.18. The lowest BCUT2D eigenvalue weighted by molar-refractivity contribution is 0.247. The van der Waals surface area contributed by atoms with E-state index >= 15 is 0 Å². The minimum absolute atomic E-state index is 0.750. The molecule has 2 fully saturated rings. The van der Waals surface area contributed by atoms with Crippen LogP contribution in [0.15, 0.2) is 24.1 Å². The fourth-order valence-corrected chi connectivity index (χ4v) is 2.83. The number of allylic oxidation sites excluding steroid dienone is 1. The van der Waals surface area contributed by atoms with Crippen LogP contribution >= 0.6 is 0 Å². The van der Waals surface area contributed by atoms with Gasteiger partial charge in [0.15, 0.2) is 0 Å². The van der Waals surface area contributed by atoms with Crippen LogP contribution in [0.25, 0.3) is 0 Å². The molecular formula is C11H15NO. The lowest BCUT2D eigenvalue weighted by Gasteiger charge is -2.30. The van der Waals surface area contributed by atoms with Gasteiger partial charge >= 0.3 is 0 Å². The number of fused-ring (bicyclic) bond motifs is 2. The Kier molecular flexibility index (Phi) is 1.61. The highest BCUT2D eigenvalue weighted by Crippen LogP contribution is 2.39. The summed E-state index contributed by atoms with van der Waals surface area (Å²) in [6, 6.07) is 0.832. The zero-order chi connectivity index (χ0) is 8.67. The first kappa shape index (κ1) is 7.48. The average Bonchev–Trinajstić information content (AvgIpc) is 2.80. The lowest BCUT2D eigenvalue weighted by Crippen LogP contribution is -2.31. The van der Waals surface area contributed by atoms with Crippen LogP contribution in [-0.4, -0.2) is 24.1 Å². The van der Waals surface area contributed by atoms with Gasteiger partial charge in [0.05, 0.1) is 6.26 Å². The second-order valence-electron chi connectivity index (χ2n) is 4.25. The SMILES string of the molecule is C1=CC(N2CC3CCC2C3)=CCO1. The molecular weight excluding hydrogens is 162 g/mol. The first-order valence-corrected chi connectivity index (χ1v) is 5.18. The number of nitrogens with zero attached hydrogens (tertiary/aromatic N) is 1. The van der Waals surface area contributed by atoms with Gasteiger partial charge in [-0.05, 0) is 37.3 Å². The van der Waals surface area contributed by atoms with Crippen molar-refractivity contribution < 1.29 is 4.74 Å². The third-order valence-corrected chi connectivity index (χ3v) is 3.46. The minimum atomic E-state index is 0.750. The molecule has 2 nitrogen and oxygen atoms in total. The summed E-state index contributed by atoms with van der Waals surface area (Å²) in [7, 11) is 0. The van der Waals surface area contributed by atoms with Crippen LogP contribution in [0, 0.1) is 5.92 Å². The molecule has 0 amide bonds. The van der Waals surface area contributed by atoms with E-state index in [9.17, 15) is 0 Å². The molecule has 2 heteroatoms. The molecule has 13 heavy (non-hydrogen) atoms. The second kappa shape index (κ2) is 2.79. The molecule has 0 N–H and O–H groups in total. The Balaban J connectivity index is 1.79. The Hall–Kier alpha value is -0.920. The third-order valence-electron chi connectivity index (χ3n) is 3.46. The summed E-state index contributed by atoms with van der Waals surface area (Å²) in [5, 5.41) is 0. The van der Waals surface area contributed by atoms with E-state index in [1.54, 1.807) is 0 Å². The van der Waals surface area contributed by atoms with Crippen molar-refractivity contribution >= 4 is 0 Å². The van der Waals surface area contributed by atoms with Crippen LogP contribution in [0.5, 0.6) is 0 Å². The molecule has 70 valence electrons. The summed E-state index contributed by atoms with van der Waals surface area (Å²) in [5.74, 6) is 0.974. The Bertz CT molecular complexity index is 269. The monoisotopic (exact) mass is 177 g/mol. The van der Waals surface area contributed by atoms with Crippen LogP contribution in [0.2, 0.25) is 0 Å². The maximum atomic E-state index is 5.16. The molecule has 2 aliphatic heterocycles. The van der Waals surface area contributed by atoms with Crippen molar-refractivity contribution in [3.63, 3.8) is 0 Å². The largest absolute Gasteiger partial charge is 0.497 e. The summed E-state index contributed by atoms with van der Waals surface area (Å²) in [6.45, 7) is 2.03. The van der Waals surface area contributed by atoms with Crippen molar-refractivity contribution in [2.45, 2.75) is 25.3 Å². The van der Waals surface area contributed by atoms with Gasteiger partial charge in [0.1, 0.15) is 6.61 Å². The highest BCUT2D eigenvalue weighted by molar-refractivity contribution is 5.22. The van der Waals surface area contributed by atoms with E-state index in [0.717, 1.165) is 18.6 Å². The van der Waals surface area contributed by atoms with Crippen LogP contribution in [-0.2, 0) is 4.74 Å². The smallest absolute Gasteiger partial charge is 0.108 e. The van der Waals surface area contributed by atoms with Crippen molar-refractivity contribution in [1.29, 1.82) is 0 Å². The predicted octanol–water partition coefficient (Wildman–Crippen LogP) is 1.90. The Labute approximate surface area is 78.9 Å². The predicted molar refractivity (Wildman–Crippen MR) is 51.0 cm³/mol. The first-order chi connectivity index (χ1) is 6.43. The van der Waals surface area contributed by atoms with Gasteiger partial charge in [-0.25, -0.2) is 0 Å². The van der Waals surface area contributed by atoms with Crippen LogP contribution in [0.1, 0.15) is 19.3 Å². The molecule has 0 aromatic heterocycles. The average molecular weight is 177 g/mol. The standard InChI is InChI=1S/C11H15NO/c1-2-11-7-9(1)8-12(11)10-3-5-13-6-4-10/h3-5,9,11H,1-2,6-8H2. The second-order valence-corrected chi connectivity index (χ2v) is 4.25. The molecule has 0 aromatic rings. The number of hydrogen-bond donors (Lipinski definition) is 0. The zero-order valence-electron chi connectivity index (χ0n) is 7.78. The third kappa shape index (κ3) is 1.16. The van der Waals surface area contributed by atoms with Crippen molar-refractivity contribution in [1.82, 2.24) is 4.90 Å². The van der Waals surface area contributed by atoms with Crippen molar-refractivity contribution in [3.05, 3.63) is 24.1 Å². The van der Waals surface area contributed by atoms with Crippen LogP contribution < -0.4 is 0 Å². The van der Waals surface area contributed by atoms with Gasteiger partial charge in [-0.1, -0.05) is 0 Å².